The van der Waals surface area contributed by atoms with Crippen molar-refractivity contribution >= 4 is 0 Å². The topological polar surface area (TPSA) is 88.0 Å². The van der Waals surface area contributed by atoms with Gasteiger partial charge in [-0.3, -0.25) is 27.9 Å². The van der Waals surface area contributed by atoms with Crippen LogP contribution in [-0.2, 0) is 26.2 Å². The fourth-order valence-corrected chi connectivity index (χ4v) is 11.5. The molecule has 0 N–H and O–H groups in total. The molecule has 0 spiro atoms. The molecule has 2 aromatic heterocycles. The Bertz CT molecular complexity index is 1750. The van der Waals surface area contributed by atoms with Gasteiger partial charge in [0.2, 0.25) is 0 Å². The van der Waals surface area contributed by atoms with E-state index in [-0.39, 0.29) is 22.5 Å². The zero-order valence-electron chi connectivity index (χ0n) is 45.6. The number of rotatable bonds is 20. The van der Waals surface area contributed by atoms with Gasteiger partial charge >= 0.3 is 11.4 Å². The minimum absolute atomic E-state index is 0.123. The summed E-state index contributed by atoms with van der Waals surface area (Å²) in [6, 6.07) is 3.37. The average Bonchev–Trinajstić information content (AvgIpc) is 3.32. The lowest BCUT2D eigenvalue weighted by Gasteiger charge is -2.38. The highest BCUT2D eigenvalue weighted by atomic mass is 16.2. The van der Waals surface area contributed by atoms with E-state index in [1.54, 1.807) is 12.1 Å². The Hall–Kier alpha value is -2.72. The Labute approximate surface area is 416 Å². The molecule has 3 rings (SSSR count). The molecule has 2 aromatic rings. The Morgan fingerprint density at radius 2 is 0.618 bits per heavy atom. The number of unbranched alkanes of at least 4 members (excludes halogenated alkanes) is 14. The third-order valence-electron chi connectivity index (χ3n) is 16.3. The van der Waals surface area contributed by atoms with E-state index in [1.807, 2.05) is 23.0 Å². The molecule has 4 bridgehead atoms. The molecule has 0 fully saturated rings. The highest BCUT2D eigenvalue weighted by Gasteiger charge is 2.25. The minimum Gasteiger partial charge on any atom is -0.324 e. The molecule has 3 heterocycles. The number of aryl methyl sites for hydroxylation is 2. The van der Waals surface area contributed by atoms with Crippen molar-refractivity contribution in [2.75, 3.05) is 52.4 Å². The largest absolute Gasteiger partial charge is 0.331 e. The maximum absolute atomic E-state index is 13.7. The third kappa shape index (κ3) is 22.1. The van der Waals surface area contributed by atoms with Crippen molar-refractivity contribution in [1.82, 2.24) is 18.3 Å². The lowest BCUT2D eigenvalue weighted by Crippen LogP contribution is -2.50. The number of aromatic nitrogens is 4. The van der Waals surface area contributed by atoms with E-state index in [0.717, 1.165) is 112 Å². The van der Waals surface area contributed by atoms with Gasteiger partial charge in [0.1, 0.15) is 0 Å². The van der Waals surface area contributed by atoms with Crippen LogP contribution in [0.1, 0.15) is 245 Å². The SMILES string of the molecule is CCCCCCCCCC[N+]1(CC)CCCCCCn2c(C)cc(=O)n(c2=O)CCCCCC[N+](CC)(CCCCCCCCCC)CCCCCCn2c(=O)cc(C)n(c2=O)CCCCCC1. The monoisotopic (exact) mass is 953 g/mol. The average molecular weight is 954 g/mol. The summed E-state index contributed by atoms with van der Waals surface area (Å²) >= 11 is 0. The summed E-state index contributed by atoms with van der Waals surface area (Å²) in [6.45, 7) is 25.1. The fraction of sp³-hybridized carbons (Fsp3) is 0.862. The van der Waals surface area contributed by atoms with Crippen molar-refractivity contribution in [2.24, 2.45) is 0 Å². The van der Waals surface area contributed by atoms with Gasteiger partial charge in [-0.05, 0) is 130 Å². The van der Waals surface area contributed by atoms with Crippen molar-refractivity contribution in [2.45, 2.75) is 273 Å². The highest BCUT2D eigenvalue weighted by Crippen LogP contribution is 2.20. The zero-order valence-corrected chi connectivity index (χ0v) is 45.6. The van der Waals surface area contributed by atoms with Crippen LogP contribution >= 0.6 is 0 Å². The summed E-state index contributed by atoms with van der Waals surface area (Å²) in [5, 5.41) is 0. The lowest BCUT2D eigenvalue weighted by atomic mass is 10.1. The molecule has 392 valence electrons. The van der Waals surface area contributed by atoms with Gasteiger partial charge in [-0.1, -0.05) is 117 Å². The van der Waals surface area contributed by atoms with E-state index in [4.69, 9.17) is 0 Å². The highest BCUT2D eigenvalue weighted by molar-refractivity contribution is 5.01. The molecule has 0 saturated heterocycles. The Kier molecular flexibility index (Phi) is 31.0. The molecule has 0 amide bonds. The summed E-state index contributed by atoms with van der Waals surface area (Å²) in [6.07, 6.45) is 38.6. The second-order valence-electron chi connectivity index (χ2n) is 21.7. The molecule has 10 nitrogen and oxygen atoms in total. The molecule has 0 radical (unpaired) electrons. The number of quaternary nitrogens is 2. The second kappa shape index (κ2) is 35.4. The van der Waals surface area contributed by atoms with E-state index in [0.29, 0.717) is 26.2 Å². The Morgan fingerprint density at radius 1 is 0.353 bits per heavy atom. The van der Waals surface area contributed by atoms with Gasteiger partial charge in [-0.15, -0.1) is 0 Å². The van der Waals surface area contributed by atoms with Crippen LogP contribution in [0, 0.1) is 13.8 Å². The van der Waals surface area contributed by atoms with Gasteiger partial charge in [0.15, 0.2) is 0 Å². The van der Waals surface area contributed by atoms with Crippen LogP contribution in [0.5, 0.6) is 0 Å². The number of hydrogen-bond donors (Lipinski definition) is 0. The molecule has 0 aliphatic carbocycles. The Balaban J connectivity index is 1.72. The lowest BCUT2D eigenvalue weighted by molar-refractivity contribution is -0.927. The molecule has 1 aliphatic heterocycles. The minimum atomic E-state index is -0.152. The van der Waals surface area contributed by atoms with Crippen LogP contribution in [0.15, 0.2) is 31.3 Å². The molecule has 0 atom stereocenters. The fourth-order valence-electron chi connectivity index (χ4n) is 11.5. The summed E-state index contributed by atoms with van der Waals surface area (Å²) in [5.74, 6) is 0. The van der Waals surface area contributed by atoms with Crippen molar-refractivity contribution in [3.8, 4) is 0 Å². The van der Waals surface area contributed by atoms with Crippen LogP contribution in [-0.4, -0.2) is 79.6 Å². The number of fused-ring (bicyclic) bond motifs is 4. The summed E-state index contributed by atoms with van der Waals surface area (Å²) in [4.78, 5) is 53.7. The Morgan fingerprint density at radius 3 is 0.912 bits per heavy atom. The van der Waals surface area contributed by atoms with Gasteiger partial charge in [0, 0.05) is 49.7 Å². The van der Waals surface area contributed by atoms with Crippen LogP contribution in [0.3, 0.4) is 0 Å². The van der Waals surface area contributed by atoms with Crippen molar-refractivity contribution in [3.05, 3.63) is 65.2 Å². The summed E-state index contributed by atoms with van der Waals surface area (Å²) in [7, 11) is 0. The molecule has 0 aromatic carbocycles. The van der Waals surface area contributed by atoms with Crippen LogP contribution < -0.4 is 22.5 Å². The van der Waals surface area contributed by atoms with Crippen molar-refractivity contribution in [1.29, 1.82) is 0 Å². The molecule has 0 unspecified atom stereocenters. The maximum Gasteiger partial charge on any atom is 0.331 e. The van der Waals surface area contributed by atoms with Crippen LogP contribution in [0.2, 0.25) is 0 Å². The van der Waals surface area contributed by atoms with Gasteiger partial charge in [-0.2, -0.15) is 0 Å². The first-order chi connectivity index (χ1) is 33.1. The molecule has 10 heteroatoms. The molecular weight excluding hydrogens is 845 g/mol. The predicted molar refractivity (Wildman–Crippen MR) is 289 cm³/mol. The zero-order chi connectivity index (χ0) is 49.3. The second-order valence-corrected chi connectivity index (χ2v) is 21.7. The van der Waals surface area contributed by atoms with Gasteiger partial charge in [-0.25, -0.2) is 9.59 Å². The summed E-state index contributed by atoms with van der Waals surface area (Å²) in [5.41, 5.74) is 1.03. The standard InChI is InChI=1S/C58H108N6O4/c1-7-11-13-15-17-19-25-35-45-63(9-3)47-37-27-21-31-41-59-53(5)51-55(65)61(57(59)67)43-33-23-29-39-49-64(10-4,46-36-26-20-18-16-14-12-8-2)50-40-30-24-34-44-62-56(66)52-54(6)60(58(62)68)42-32-22-28-38-48-63/h51-52H,7-50H2,1-6H3/q+2. The van der Waals surface area contributed by atoms with Crippen LogP contribution in [0.25, 0.3) is 0 Å². The van der Waals surface area contributed by atoms with E-state index >= 15 is 0 Å². The van der Waals surface area contributed by atoms with E-state index in [9.17, 15) is 19.2 Å². The van der Waals surface area contributed by atoms with Gasteiger partial charge in [0.05, 0.1) is 52.4 Å². The molecule has 0 saturated carbocycles. The smallest absolute Gasteiger partial charge is 0.324 e. The molecular formula is C58H108N6O4+2. The van der Waals surface area contributed by atoms with Crippen LogP contribution in [0.4, 0.5) is 0 Å². The van der Waals surface area contributed by atoms with Crippen molar-refractivity contribution < 1.29 is 8.97 Å². The normalized spacial score (nSPS) is 20.9. The van der Waals surface area contributed by atoms with Crippen molar-refractivity contribution in [3.63, 3.8) is 0 Å². The van der Waals surface area contributed by atoms with Gasteiger partial charge in [0.25, 0.3) is 11.1 Å². The van der Waals surface area contributed by atoms with E-state index in [1.165, 1.54) is 175 Å². The first-order valence-corrected chi connectivity index (χ1v) is 29.4. The third-order valence-corrected chi connectivity index (χ3v) is 16.3. The molecule has 1 aliphatic rings. The van der Waals surface area contributed by atoms with Gasteiger partial charge < -0.3 is 8.97 Å². The first-order valence-electron chi connectivity index (χ1n) is 29.4. The quantitative estimate of drug-likeness (QED) is 0.0977. The summed E-state index contributed by atoms with van der Waals surface area (Å²) < 4.78 is 9.11. The number of hydrogen-bond acceptors (Lipinski definition) is 4. The molecule has 68 heavy (non-hydrogen) atoms. The first kappa shape index (κ1) is 59.6. The van der Waals surface area contributed by atoms with E-state index < -0.39 is 0 Å². The van der Waals surface area contributed by atoms with E-state index in [2.05, 4.69) is 27.7 Å². The number of nitrogens with zero attached hydrogens (tertiary/aromatic N) is 6. The predicted octanol–water partition coefficient (Wildman–Crippen LogP) is 12.9. The maximum atomic E-state index is 13.7.